The van der Waals surface area contributed by atoms with Gasteiger partial charge in [-0.3, -0.25) is 9.59 Å². The second kappa shape index (κ2) is 8.25. The summed E-state index contributed by atoms with van der Waals surface area (Å²) in [6, 6.07) is 0. The third kappa shape index (κ3) is 4.47. The molecular weight excluding hydrogens is 256 g/mol. The van der Waals surface area contributed by atoms with Crippen molar-refractivity contribution >= 4 is 11.9 Å². The smallest absolute Gasteiger partial charge is 0.308 e. The minimum Gasteiger partial charge on any atom is -0.481 e. The zero-order valence-electron chi connectivity index (χ0n) is 12.5. The van der Waals surface area contributed by atoms with Crippen molar-refractivity contribution in [2.45, 2.75) is 58.3 Å². The maximum absolute atomic E-state index is 12.5. The maximum atomic E-state index is 12.5. The van der Waals surface area contributed by atoms with E-state index in [0.717, 1.165) is 44.9 Å². The Morgan fingerprint density at radius 2 is 1.85 bits per heavy atom. The minimum absolute atomic E-state index is 0.0516. The third-order valence-electron chi connectivity index (χ3n) is 4.43. The maximum Gasteiger partial charge on any atom is 0.308 e. The standard InChI is InChI=1S/C15H28N2O3/c1-2-7-12(13(18)19)10-17-14(20)15(11-16)8-5-3-4-6-9-15/h12H,2-11,16H2,1H3,(H,17,20)(H,18,19). The molecule has 1 aliphatic rings. The Balaban J connectivity index is 2.60. The van der Waals surface area contributed by atoms with E-state index in [1.807, 2.05) is 6.92 Å². The van der Waals surface area contributed by atoms with Gasteiger partial charge >= 0.3 is 5.97 Å². The molecule has 0 aliphatic heterocycles. The number of amides is 1. The first kappa shape index (κ1) is 17.0. The van der Waals surface area contributed by atoms with Gasteiger partial charge in [-0.25, -0.2) is 0 Å². The summed E-state index contributed by atoms with van der Waals surface area (Å²) in [5.41, 5.74) is 5.38. The molecule has 0 saturated heterocycles. The van der Waals surface area contributed by atoms with Crippen molar-refractivity contribution in [2.24, 2.45) is 17.1 Å². The van der Waals surface area contributed by atoms with Crippen molar-refractivity contribution in [3.8, 4) is 0 Å². The lowest BCUT2D eigenvalue weighted by molar-refractivity contribution is -0.142. The number of carboxylic acids is 1. The van der Waals surface area contributed by atoms with Crippen LogP contribution in [0, 0.1) is 11.3 Å². The fraction of sp³-hybridized carbons (Fsp3) is 0.867. The predicted octanol–water partition coefficient (Wildman–Crippen LogP) is 1.90. The van der Waals surface area contributed by atoms with Crippen LogP contribution in [-0.2, 0) is 9.59 Å². The number of carbonyl (C=O) groups excluding carboxylic acids is 1. The van der Waals surface area contributed by atoms with Crippen LogP contribution in [0.1, 0.15) is 58.3 Å². The lowest BCUT2D eigenvalue weighted by Crippen LogP contribution is -2.47. The van der Waals surface area contributed by atoms with E-state index >= 15 is 0 Å². The summed E-state index contributed by atoms with van der Waals surface area (Å²) in [7, 11) is 0. The fourth-order valence-electron chi connectivity index (χ4n) is 2.99. The SMILES string of the molecule is CCCC(CNC(=O)C1(CN)CCCCCC1)C(=O)O. The predicted molar refractivity (Wildman–Crippen MR) is 78.2 cm³/mol. The molecule has 0 bridgehead atoms. The Bertz CT molecular complexity index is 323. The molecule has 0 aromatic rings. The highest BCUT2D eigenvalue weighted by Gasteiger charge is 2.37. The van der Waals surface area contributed by atoms with Gasteiger partial charge in [0.1, 0.15) is 0 Å². The number of carbonyl (C=O) groups is 2. The molecule has 0 radical (unpaired) electrons. The molecule has 1 aliphatic carbocycles. The Morgan fingerprint density at radius 3 is 2.30 bits per heavy atom. The van der Waals surface area contributed by atoms with Gasteiger partial charge in [0.25, 0.3) is 0 Å². The molecule has 116 valence electrons. The van der Waals surface area contributed by atoms with Crippen molar-refractivity contribution in [3.63, 3.8) is 0 Å². The fourth-order valence-corrected chi connectivity index (χ4v) is 2.99. The van der Waals surface area contributed by atoms with Crippen molar-refractivity contribution in [3.05, 3.63) is 0 Å². The molecule has 5 nitrogen and oxygen atoms in total. The Morgan fingerprint density at radius 1 is 1.25 bits per heavy atom. The van der Waals surface area contributed by atoms with Crippen molar-refractivity contribution in [1.82, 2.24) is 5.32 Å². The van der Waals surface area contributed by atoms with Gasteiger partial charge in [0.15, 0.2) is 0 Å². The van der Waals surface area contributed by atoms with Crippen LogP contribution >= 0.6 is 0 Å². The lowest BCUT2D eigenvalue weighted by atomic mass is 9.79. The average Bonchev–Trinajstić information content (AvgIpc) is 2.69. The summed E-state index contributed by atoms with van der Waals surface area (Å²) in [5, 5.41) is 12.0. The highest BCUT2D eigenvalue weighted by atomic mass is 16.4. The Kier molecular flexibility index (Phi) is 6.99. The largest absolute Gasteiger partial charge is 0.481 e. The first-order valence-electron chi connectivity index (χ1n) is 7.77. The van der Waals surface area contributed by atoms with E-state index in [4.69, 9.17) is 10.8 Å². The number of hydrogen-bond acceptors (Lipinski definition) is 3. The second-order valence-corrected chi connectivity index (χ2v) is 5.93. The van der Waals surface area contributed by atoms with Crippen LogP contribution in [0.5, 0.6) is 0 Å². The van der Waals surface area contributed by atoms with Gasteiger partial charge in [0.05, 0.1) is 11.3 Å². The topological polar surface area (TPSA) is 92.4 Å². The summed E-state index contributed by atoms with van der Waals surface area (Å²) < 4.78 is 0. The van der Waals surface area contributed by atoms with Crippen LogP contribution in [-0.4, -0.2) is 30.1 Å². The van der Waals surface area contributed by atoms with Gasteiger partial charge < -0.3 is 16.2 Å². The van der Waals surface area contributed by atoms with Crippen LogP contribution in [0.25, 0.3) is 0 Å². The van der Waals surface area contributed by atoms with Crippen LogP contribution in [0.3, 0.4) is 0 Å². The highest BCUT2D eigenvalue weighted by molar-refractivity contribution is 5.83. The molecule has 0 aromatic heterocycles. The van der Waals surface area contributed by atoms with E-state index in [-0.39, 0.29) is 12.5 Å². The van der Waals surface area contributed by atoms with Gasteiger partial charge in [-0.1, -0.05) is 39.0 Å². The number of rotatable bonds is 7. The summed E-state index contributed by atoms with van der Waals surface area (Å²) in [6.07, 6.45) is 7.40. The molecule has 1 amide bonds. The van der Waals surface area contributed by atoms with Gasteiger partial charge in [0, 0.05) is 13.1 Å². The molecule has 0 heterocycles. The molecule has 5 heteroatoms. The van der Waals surface area contributed by atoms with Crippen molar-refractivity contribution in [2.75, 3.05) is 13.1 Å². The van der Waals surface area contributed by atoms with Gasteiger partial charge in [0.2, 0.25) is 5.91 Å². The number of nitrogens with one attached hydrogen (secondary N) is 1. The quantitative estimate of drug-likeness (QED) is 0.623. The van der Waals surface area contributed by atoms with Crippen LogP contribution < -0.4 is 11.1 Å². The third-order valence-corrected chi connectivity index (χ3v) is 4.43. The number of hydrogen-bond donors (Lipinski definition) is 3. The number of carboxylic acid groups (broad SMARTS) is 1. The van der Waals surface area contributed by atoms with E-state index in [1.54, 1.807) is 0 Å². The number of aliphatic carboxylic acids is 1. The molecule has 20 heavy (non-hydrogen) atoms. The molecule has 1 atom stereocenters. The zero-order valence-corrected chi connectivity index (χ0v) is 12.5. The van der Waals surface area contributed by atoms with E-state index in [1.165, 1.54) is 0 Å². The number of nitrogens with two attached hydrogens (primary N) is 1. The van der Waals surface area contributed by atoms with Gasteiger partial charge in [-0.05, 0) is 19.3 Å². The molecule has 1 rings (SSSR count). The summed E-state index contributed by atoms with van der Waals surface area (Å²) in [4.78, 5) is 23.6. The molecule has 0 spiro atoms. The molecule has 1 saturated carbocycles. The lowest BCUT2D eigenvalue weighted by Gasteiger charge is -2.30. The molecule has 1 unspecified atom stereocenters. The van der Waals surface area contributed by atoms with Gasteiger partial charge in [-0.15, -0.1) is 0 Å². The summed E-state index contributed by atoms with van der Waals surface area (Å²) in [6.45, 7) is 2.51. The summed E-state index contributed by atoms with van der Waals surface area (Å²) >= 11 is 0. The molecular formula is C15H28N2O3. The Labute approximate surface area is 121 Å². The second-order valence-electron chi connectivity index (χ2n) is 5.93. The van der Waals surface area contributed by atoms with Crippen LogP contribution in [0.15, 0.2) is 0 Å². The average molecular weight is 284 g/mol. The van der Waals surface area contributed by atoms with E-state index in [0.29, 0.717) is 13.0 Å². The van der Waals surface area contributed by atoms with Crippen molar-refractivity contribution in [1.29, 1.82) is 0 Å². The first-order valence-corrected chi connectivity index (χ1v) is 7.77. The minimum atomic E-state index is -0.838. The first-order chi connectivity index (χ1) is 9.55. The van der Waals surface area contributed by atoms with Crippen LogP contribution in [0.2, 0.25) is 0 Å². The van der Waals surface area contributed by atoms with Gasteiger partial charge in [-0.2, -0.15) is 0 Å². The van der Waals surface area contributed by atoms with Crippen LogP contribution in [0.4, 0.5) is 0 Å². The monoisotopic (exact) mass is 284 g/mol. The van der Waals surface area contributed by atoms with E-state index < -0.39 is 17.3 Å². The Hall–Kier alpha value is -1.10. The normalized spacial score (nSPS) is 19.9. The van der Waals surface area contributed by atoms with E-state index in [2.05, 4.69) is 5.32 Å². The highest BCUT2D eigenvalue weighted by Crippen LogP contribution is 2.34. The molecule has 4 N–H and O–H groups in total. The molecule has 0 aromatic carbocycles. The van der Waals surface area contributed by atoms with E-state index in [9.17, 15) is 9.59 Å². The van der Waals surface area contributed by atoms with Crippen molar-refractivity contribution < 1.29 is 14.7 Å². The summed E-state index contributed by atoms with van der Waals surface area (Å²) in [5.74, 6) is -1.39. The zero-order chi connectivity index (χ0) is 15.0. The molecule has 1 fully saturated rings.